The van der Waals surface area contributed by atoms with E-state index in [1.807, 2.05) is 0 Å². The predicted molar refractivity (Wildman–Crippen MR) is 31.1 cm³/mol. The molecule has 0 aliphatic heterocycles. The van der Waals surface area contributed by atoms with Gasteiger partial charge in [-0.1, -0.05) is 13.5 Å². The molecular weight excluding hydrogens is 102 g/mol. The fraction of sp³-hybridized carbons (Fsp3) is 0.500. The largest absolute Gasteiger partial charge is 0.388 e. The lowest BCUT2D eigenvalue weighted by molar-refractivity contribution is 0.212. The minimum absolute atomic E-state index is 0.243. The number of aliphatic hydroxyl groups excluding tert-OH is 1. The van der Waals surface area contributed by atoms with Gasteiger partial charge in [0, 0.05) is 0 Å². The molecule has 0 rings (SSSR count). The van der Waals surface area contributed by atoms with Crippen molar-refractivity contribution in [1.82, 2.24) is 0 Å². The van der Waals surface area contributed by atoms with E-state index in [-0.39, 0.29) is 5.57 Å². The van der Waals surface area contributed by atoms with E-state index in [9.17, 15) is 0 Å². The first-order valence-corrected chi connectivity index (χ1v) is 2.49. The van der Waals surface area contributed by atoms with Gasteiger partial charge in [0.1, 0.15) is 0 Å². The third-order valence-electron chi connectivity index (χ3n) is 0.933. The van der Waals surface area contributed by atoms with Crippen molar-refractivity contribution in [3.05, 3.63) is 12.2 Å². The summed E-state index contributed by atoms with van der Waals surface area (Å²) < 4.78 is 0. The van der Waals surface area contributed by atoms with Crippen molar-refractivity contribution >= 4 is 0 Å². The number of nitriles is 1. The molecule has 0 unspecified atom stereocenters. The van der Waals surface area contributed by atoms with E-state index in [4.69, 9.17) is 10.4 Å². The minimum atomic E-state index is -0.639. The van der Waals surface area contributed by atoms with Crippen LogP contribution in [-0.4, -0.2) is 11.2 Å². The van der Waals surface area contributed by atoms with Crippen LogP contribution in [0.1, 0.15) is 13.3 Å². The Balaban J connectivity index is 3.68. The summed E-state index contributed by atoms with van der Waals surface area (Å²) in [4.78, 5) is 0. The van der Waals surface area contributed by atoms with Crippen LogP contribution in [0, 0.1) is 11.3 Å². The molecule has 0 aromatic heterocycles. The van der Waals surface area contributed by atoms with Crippen molar-refractivity contribution in [1.29, 1.82) is 5.26 Å². The molecule has 2 heteroatoms. The highest BCUT2D eigenvalue weighted by Crippen LogP contribution is 1.99. The Kier molecular flexibility index (Phi) is 2.90. The summed E-state index contributed by atoms with van der Waals surface area (Å²) in [6.45, 7) is 5.13. The van der Waals surface area contributed by atoms with Crippen LogP contribution in [0.25, 0.3) is 0 Å². The number of hydrogen-bond acceptors (Lipinski definition) is 2. The standard InChI is InChI=1S/C6H9NO/c1-3-6(8)5(2)4-7/h6,8H,2-3H2,1H3/t6-/m1/s1. The van der Waals surface area contributed by atoms with Crippen molar-refractivity contribution in [3.8, 4) is 6.07 Å². The van der Waals surface area contributed by atoms with Gasteiger partial charge in [-0.15, -0.1) is 0 Å². The molecule has 1 atom stereocenters. The van der Waals surface area contributed by atoms with Crippen molar-refractivity contribution < 1.29 is 5.11 Å². The normalized spacial score (nSPS) is 12.1. The second kappa shape index (κ2) is 3.23. The Labute approximate surface area is 49.1 Å². The molecule has 0 saturated heterocycles. The molecule has 0 radical (unpaired) electrons. The number of nitrogens with zero attached hydrogens (tertiary/aromatic N) is 1. The zero-order chi connectivity index (χ0) is 6.57. The number of hydrogen-bond donors (Lipinski definition) is 1. The molecule has 44 valence electrons. The second-order valence-electron chi connectivity index (χ2n) is 1.56. The Hall–Kier alpha value is -0.810. The summed E-state index contributed by atoms with van der Waals surface area (Å²) in [5, 5.41) is 16.9. The lowest BCUT2D eigenvalue weighted by atomic mass is 10.1. The highest BCUT2D eigenvalue weighted by molar-refractivity contribution is 5.20. The van der Waals surface area contributed by atoms with Crippen LogP contribution in [0.5, 0.6) is 0 Å². The molecule has 0 spiro atoms. The first kappa shape index (κ1) is 7.19. The molecule has 0 amide bonds. The monoisotopic (exact) mass is 111 g/mol. The van der Waals surface area contributed by atoms with Crippen molar-refractivity contribution in [2.45, 2.75) is 19.4 Å². The van der Waals surface area contributed by atoms with Gasteiger partial charge in [-0.3, -0.25) is 0 Å². The van der Waals surface area contributed by atoms with Gasteiger partial charge in [0.15, 0.2) is 0 Å². The first-order valence-electron chi connectivity index (χ1n) is 2.49. The molecule has 0 aliphatic rings. The number of rotatable bonds is 2. The highest BCUT2D eigenvalue weighted by atomic mass is 16.3. The van der Waals surface area contributed by atoms with E-state index < -0.39 is 6.10 Å². The Morgan fingerprint density at radius 1 is 2.00 bits per heavy atom. The van der Waals surface area contributed by atoms with Gasteiger partial charge >= 0.3 is 0 Å². The van der Waals surface area contributed by atoms with Crippen molar-refractivity contribution in [2.75, 3.05) is 0 Å². The molecule has 2 nitrogen and oxygen atoms in total. The summed E-state index contributed by atoms with van der Waals surface area (Å²) in [7, 11) is 0. The third kappa shape index (κ3) is 1.76. The van der Waals surface area contributed by atoms with Gasteiger partial charge < -0.3 is 5.11 Å². The fourth-order valence-corrected chi connectivity index (χ4v) is 0.321. The molecule has 0 aromatic carbocycles. The maximum absolute atomic E-state index is 8.80. The predicted octanol–water partition coefficient (Wildman–Crippen LogP) is 0.837. The number of aliphatic hydroxyl groups is 1. The van der Waals surface area contributed by atoms with Gasteiger partial charge in [0.05, 0.1) is 17.7 Å². The zero-order valence-corrected chi connectivity index (χ0v) is 4.89. The third-order valence-corrected chi connectivity index (χ3v) is 0.933. The maximum atomic E-state index is 8.80. The average Bonchev–Trinajstić information content (AvgIpc) is 1.84. The summed E-state index contributed by atoms with van der Waals surface area (Å²) in [5.74, 6) is 0. The van der Waals surface area contributed by atoms with Gasteiger partial charge in [-0.25, -0.2) is 0 Å². The Morgan fingerprint density at radius 2 is 2.50 bits per heavy atom. The molecular formula is C6H9NO. The molecule has 0 saturated carbocycles. The van der Waals surface area contributed by atoms with Gasteiger partial charge in [-0.2, -0.15) is 5.26 Å². The first-order chi connectivity index (χ1) is 3.72. The van der Waals surface area contributed by atoms with Crippen LogP contribution in [0.4, 0.5) is 0 Å². The van der Waals surface area contributed by atoms with E-state index in [0.29, 0.717) is 6.42 Å². The van der Waals surface area contributed by atoms with Crippen LogP contribution in [0.15, 0.2) is 12.2 Å². The van der Waals surface area contributed by atoms with Crippen molar-refractivity contribution in [3.63, 3.8) is 0 Å². The lowest BCUT2D eigenvalue weighted by Crippen LogP contribution is -2.04. The molecule has 1 N–H and O–H groups in total. The highest BCUT2D eigenvalue weighted by Gasteiger charge is 2.02. The Morgan fingerprint density at radius 3 is 2.62 bits per heavy atom. The maximum Gasteiger partial charge on any atom is 0.0968 e. The van der Waals surface area contributed by atoms with Gasteiger partial charge in [0.25, 0.3) is 0 Å². The van der Waals surface area contributed by atoms with Gasteiger partial charge in [0.2, 0.25) is 0 Å². The zero-order valence-electron chi connectivity index (χ0n) is 4.89. The second-order valence-corrected chi connectivity index (χ2v) is 1.56. The molecule has 0 heterocycles. The summed E-state index contributed by atoms with van der Waals surface area (Å²) in [6, 6.07) is 1.77. The van der Waals surface area contributed by atoms with E-state index in [1.54, 1.807) is 13.0 Å². The van der Waals surface area contributed by atoms with Crippen LogP contribution in [0.2, 0.25) is 0 Å². The molecule has 0 aliphatic carbocycles. The fourth-order valence-electron chi connectivity index (χ4n) is 0.321. The van der Waals surface area contributed by atoms with Crippen LogP contribution in [0.3, 0.4) is 0 Å². The van der Waals surface area contributed by atoms with Crippen LogP contribution < -0.4 is 0 Å². The SMILES string of the molecule is C=C(C#N)[C@H](O)CC. The lowest BCUT2D eigenvalue weighted by Gasteiger charge is -2.00. The summed E-state index contributed by atoms with van der Waals surface area (Å²) >= 11 is 0. The molecule has 0 bridgehead atoms. The smallest absolute Gasteiger partial charge is 0.0968 e. The molecule has 0 fully saturated rings. The quantitative estimate of drug-likeness (QED) is 0.536. The van der Waals surface area contributed by atoms with E-state index >= 15 is 0 Å². The summed E-state index contributed by atoms with van der Waals surface area (Å²) in [5.41, 5.74) is 0.243. The van der Waals surface area contributed by atoms with Crippen LogP contribution in [-0.2, 0) is 0 Å². The average molecular weight is 111 g/mol. The topological polar surface area (TPSA) is 44.0 Å². The van der Waals surface area contributed by atoms with Crippen molar-refractivity contribution in [2.24, 2.45) is 0 Å². The van der Waals surface area contributed by atoms with E-state index in [0.717, 1.165) is 0 Å². The minimum Gasteiger partial charge on any atom is -0.388 e. The molecule has 0 aromatic rings. The Bertz CT molecular complexity index is 123. The van der Waals surface area contributed by atoms with Gasteiger partial charge in [-0.05, 0) is 6.42 Å². The van der Waals surface area contributed by atoms with E-state index in [2.05, 4.69) is 6.58 Å². The molecule has 8 heavy (non-hydrogen) atoms. The van der Waals surface area contributed by atoms with E-state index in [1.165, 1.54) is 0 Å². The van der Waals surface area contributed by atoms with Crippen LogP contribution >= 0.6 is 0 Å². The summed E-state index contributed by atoms with van der Waals surface area (Å²) in [6.07, 6.45) is -0.0770.